The molecule has 19 heavy (non-hydrogen) atoms. The van der Waals surface area contributed by atoms with Gasteiger partial charge in [-0.25, -0.2) is 8.42 Å². The molecule has 0 saturated carbocycles. The Labute approximate surface area is 114 Å². The Morgan fingerprint density at radius 2 is 2.11 bits per heavy atom. The van der Waals surface area contributed by atoms with Crippen molar-refractivity contribution in [2.75, 3.05) is 25.1 Å². The van der Waals surface area contributed by atoms with E-state index in [2.05, 4.69) is 10.00 Å². The number of hydrogen-bond donors (Lipinski definition) is 1. The van der Waals surface area contributed by atoms with Crippen LogP contribution in [0.2, 0.25) is 0 Å². The molecule has 0 aliphatic carbocycles. The summed E-state index contributed by atoms with van der Waals surface area (Å²) >= 11 is 0. The summed E-state index contributed by atoms with van der Waals surface area (Å²) in [4.78, 5) is 2.18. The van der Waals surface area contributed by atoms with Crippen molar-refractivity contribution in [2.24, 2.45) is 12.8 Å². The summed E-state index contributed by atoms with van der Waals surface area (Å²) < 4.78 is 24.9. The molecule has 0 radical (unpaired) electrons. The summed E-state index contributed by atoms with van der Waals surface area (Å²) in [6, 6.07) is 0. The second-order valence-electron chi connectivity index (χ2n) is 5.46. The maximum absolute atomic E-state index is 11.6. The summed E-state index contributed by atoms with van der Waals surface area (Å²) in [5, 5.41) is 4.15. The van der Waals surface area contributed by atoms with Gasteiger partial charge in [-0.15, -0.1) is 0 Å². The van der Waals surface area contributed by atoms with Crippen LogP contribution in [0.15, 0.2) is 12.4 Å². The van der Waals surface area contributed by atoms with E-state index in [1.807, 2.05) is 26.5 Å². The first kappa shape index (κ1) is 14.5. The lowest BCUT2D eigenvalue weighted by Crippen LogP contribution is -2.55. The van der Waals surface area contributed by atoms with Crippen LogP contribution in [0.1, 0.15) is 18.4 Å². The standard InChI is InChI=1S/C12H22N4O2S/c1-15(8-11-7-14-16(2)9-11)12(10-13)3-5-19(17,18)6-4-12/h7,9H,3-6,8,10,13H2,1-2H3. The molecular formula is C12H22N4O2S. The highest BCUT2D eigenvalue weighted by Gasteiger charge is 2.39. The molecule has 0 amide bonds. The Bertz CT molecular complexity index is 524. The van der Waals surface area contributed by atoms with Gasteiger partial charge in [0.2, 0.25) is 0 Å². The quantitative estimate of drug-likeness (QED) is 0.826. The van der Waals surface area contributed by atoms with Crippen molar-refractivity contribution in [3.8, 4) is 0 Å². The molecule has 2 heterocycles. The van der Waals surface area contributed by atoms with Crippen molar-refractivity contribution in [3.63, 3.8) is 0 Å². The predicted molar refractivity (Wildman–Crippen MR) is 74.3 cm³/mol. The van der Waals surface area contributed by atoms with Gasteiger partial charge in [0, 0.05) is 37.4 Å². The number of hydrogen-bond acceptors (Lipinski definition) is 5. The number of aromatic nitrogens is 2. The van der Waals surface area contributed by atoms with Gasteiger partial charge in [-0.1, -0.05) is 0 Å². The smallest absolute Gasteiger partial charge is 0.150 e. The van der Waals surface area contributed by atoms with Crippen LogP contribution >= 0.6 is 0 Å². The summed E-state index contributed by atoms with van der Waals surface area (Å²) in [6.45, 7) is 1.23. The molecule has 0 unspecified atom stereocenters. The summed E-state index contributed by atoms with van der Waals surface area (Å²) in [6.07, 6.45) is 5.03. The fourth-order valence-electron chi connectivity index (χ4n) is 2.65. The zero-order valence-corrected chi connectivity index (χ0v) is 12.4. The molecule has 2 N–H and O–H groups in total. The van der Waals surface area contributed by atoms with Gasteiger partial charge in [0.1, 0.15) is 9.84 Å². The first-order valence-corrected chi connectivity index (χ1v) is 8.28. The lowest BCUT2D eigenvalue weighted by atomic mass is 9.90. The third kappa shape index (κ3) is 3.16. The number of rotatable bonds is 4. The van der Waals surface area contributed by atoms with Gasteiger partial charge in [-0.3, -0.25) is 9.58 Å². The Balaban J connectivity index is 2.09. The Kier molecular flexibility index (Phi) is 3.98. The van der Waals surface area contributed by atoms with E-state index in [1.54, 1.807) is 4.68 Å². The monoisotopic (exact) mass is 286 g/mol. The van der Waals surface area contributed by atoms with Gasteiger partial charge in [0.05, 0.1) is 17.7 Å². The number of nitrogens with two attached hydrogens (primary N) is 1. The van der Waals surface area contributed by atoms with Crippen molar-refractivity contribution in [2.45, 2.75) is 24.9 Å². The van der Waals surface area contributed by atoms with E-state index in [9.17, 15) is 8.42 Å². The second-order valence-corrected chi connectivity index (χ2v) is 7.76. The minimum absolute atomic E-state index is 0.207. The van der Waals surface area contributed by atoms with Gasteiger partial charge in [-0.05, 0) is 19.9 Å². The van der Waals surface area contributed by atoms with Crippen LogP contribution in [0.25, 0.3) is 0 Å². The predicted octanol–water partition coefficient (Wildman–Crippen LogP) is -0.242. The molecule has 1 aliphatic rings. The van der Waals surface area contributed by atoms with E-state index in [4.69, 9.17) is 5.73 Å². The highest BCUT2D eigenvalue weighted by molar-refractivity contribution is 7.91. The van der Waals surface area contributed by atoms with Crippen molar-refractivity contribution in [3.05, 3.63) is 18.0 Å². The second kappa shape index (κ2) is 5.22. The van der Waals surface area contributed by atoms with Crippen LogP contribution in [0, 0.1) is 0 Å². The van der Waals surface area contributed by atoms with Gasteiger partial charge >= 0.3 is 0 Å². The molecule has 0 bridgehead atoms. The maximum atomic E-state index is 11.6. The summed E-state index contributed by atoms with van der Waals surface area (Å²) in [5.41, 5.74) is 6.84. The Morgan fingerprint density at radius 1 is 1.47 bits per heavy atom. The van der Waals surface area contributed by atoms with Crippen LogP contribution in [0.3, 0.4) is 0 Å². The fourth-order valence-corrected chi connectivity index (χ4v) is 4.24. The van der Waals surface area contributed by atoms with Crippen LogP contribution in [-0.2, 0) is 23.4 Å². The summed E-state index contributed by atoms with van der Waals surface area (Å²) in [7, 11) is 1.03. The Hall–Kier alpha value is -0.920. The zero-order valence-electron chi connectivity index (χ0n) is 11.5. The SMILES string of the molecule is CN(Cc1cnn(C)c1)C1(CN)CCS(=O)(=O)CC1. The minimum Gasteiger partial charge on any atom is -0.329 e. The van der Waals surface area contributed by atoms with Crippen molar-refractivity contribution < 1.29 is 8.42 Å². The molecule has 0 spiro atoms. The molecule has 108 valence electrons. The van der Waals surface area contributed by atoms with E-state index < -0.39 is 9.84 Å². The lowest BCUT2D eigenvalue weighted by molar-refractivity contribution is 0.105. The number of sulfone groups is 1. The van der Waals surface area contributed by atoms with Crippen LogP contribution in [0.5, 0.6) is 0 Å². The number of likely N-dealkylation sites (N-methyl/N-ethyl adjacent to an activating group) is 1. The first-order chi connectivity index (χ1) is 8.87. The lowest BCUT2D eigenvalue weighted by Gasteiger charge is -2.43. The van der Waals surface area contributed by atoms with E-state index in [-0.39, 0.29) is 17.0 Å². The fraction of sp³-hybridized carbons (Fsp3) is 0.750. The zero-order chi connectivity index (χ0) is 14.1. The van der Waals surface area contributed by atoms with E-state index in [0.29, 0.717) is 19.4 Å². The van der Waals surface area contributed by atoms with E-state index >= 15 is 0 Å². The van der Waals surface area contributed by atoms with Crippen LogP contribution < -0.4 is 5.73 Å². The third-order valence-electron chi connectivity index (χ3n) is 4.12. The molecule has 0 aromatic carbocycles. The molecule has 2 rings (SSSR count). The van der Waals surface area contributed by atoms with Crippen LogP contribution in [-0.4, -0.2) is 53.7 Å². The van der Waals surface area contributed by atoms with Gasteiger partial charge in [0.25, 0.3) is 0 Å². The molecule has 1 aromatic rings. The van der Waals surface area contributed by atoms with E-state index in [1.165, 1.54) is 0 Å². The van der Waals surface area contributed by atoms with E-state index in [0.717, 1.165) is 12.1 Å². The van der Waals surface area contributed by atoms with Gasteiger partial charge in [-0.2, -0.15) is 5.10 Å². The molecule has 1 aromatic heterocycles. The highest BCUT2D eigenvalue weighted by atomic mass is 32.2. The largest absolute Gasteiger partial charge is 0.329 e. The topological polar surface area (TPSA) is 81.2 Å². The molecule has 6 nitrogen and oxygen atoms in total. The number of nitrogens with zero attached hydrogens (tertiary/aromatic N) is 3. The van der Waals surface area contributed by atoms with Gasteiger partial charge < -0.3 is 5.73 Å². The molecule has 1 saturated heterocycles. The minimum atomic E-state index is -2.86. The third-order valence-corrected chi connectivity index (χ3v) is 5.78. The normalized spacial score (nSPS) is 21.7. The van der Waals surface area contributed by atoms with Crippen molar-refractivity contribution >= 4 is 9.84 Å². The molecule has 7 heteroatoms. The Morgan fingerprint density at radius 3 is 2.58 bits per heavy atom. The average Bonchev–Trinajstić information content (AvgIpc) is 2.75. The van der Waals surface area contributed by atoms with Crippen molar-refractivity contribution in [1.82, 2.24) is 14.7 Å². The molecule has 1 fully saturated rings. The van der Waals surface area contributed by atoms with Crippen molar-refractivity contribution in [1.29, 1.82) is 0 Å². The van der Waals surface area contributed by atoms with Gasteiger partial charge in [0.15, 0.2) is 0 Å². The summed E-state index contributed by atoms with van der Waals surface area (Å²) in [5.74, 6) is 0.475. The first-order valence-electron chi connectivity index (χ1n) is 6.46. The average molecular weight is 286 g/mol. The molecule has 1 aliphatic heterocycles. The highest BCUT2D eigenvalue weighted by Crippen LogP contribution is 2.29. The molecular weight excluding hydrogens is 264 g/mol. The molecule has 0 atom stereocenters. The van der Waals surface area contributed by atoms with Crippen LogP contribution in [0.4, 0.5) is 0 Å². The maximum Gasteiger partial charge on any atom is 0.150 e. The number of aryl methyl sites for hydroxylation is 1.